The molecule has 7 nitrogen and oxygen atoms in total. The molecular weight excluding hydrogens is 380 g/mol. The number of amides is 1. The van der Waals surface area contributed by atoms with Gasteiger partial charge in [-0.2, -0.15) is 0 Å². The Hall–Kier alpha value is -3.22. The topological polar surface area (TPSA) is 84.0 Å². The number of nitrogens with zero attached hydrogens (tertiary/aromatic N) is 1. The highest BCUT2D eigenvalue weighted by molar-refractivity contribution is 5.94. The van der Waals surface area contributed by atoms with Crippen LogP contribution in [0.3, 0.4) is 0 Å². The first-order chi connectivity index (χ1) is 14.6. The average Bonchev–Trinajstić information content (AvgIpc) is 2.78. The molecule has 0 aliphatic carbocycles. The van der Waals surface area contributed by atoms with E-state index in [2.05, 4.69) is 33.1 Å². The fourth-order valence-corrected chi connectivity index (χ4v) is 3.66. The molecule has 1 heterocycles. The molecule has 0 bridgehead atoms. The van der Waals surface area contributed by atoms with Crippen LogP contribution in [0.25, 0.3) is 0 Å². The van der Waals surface area contributed by atoms with Crippen molar-refractivity contribution in [3.63, 3.8) is 0 Å². The highest BCUT2D eigenvalue weighted by Gasteiger charge is 2.24. The number of ether oxygens (including phenoxy) is 2. The largest absolute Gasteiger partial charge is 0.493 e. The molecule has 1 atom stereocenters. The zero-order chi connectivity index (χ0) is 21.3. The Morgan fingerprint density at radius 2 is 1.93 bits per heavy atom. The number of carbonyl (C=O) groups is 1. The van der Waals surface area contributed by atoms with Gasteiger partial charge in [-0.1, -0.05) is 24.3 Å². The van der Waals surface area contributed by atoms with Crippen molar-refractivity contribution in [3.8, 4) is 11.5 Å². The van der Waals surface area contributed by atoms with Crippen LogP contribution < -0.4 is 25.4 Å². The Balaban J connectivity index is 1.46. The number of nitrogens with one attached hydrogen (secondary N) is 3. The van der Waals surface area contributed by atoms with E-state index in [4.69, 9.17) is 9.47 Å². The Morgan fingerprint density at radius 3 is 2.70 bits per heavy atom. The Morgan fingerprint density at radius 1 is 1.13 bits per heavy atom. The molecule has 0 saturated carbocycles. The molecule has 3 rings (SSSR count). The summed E-state index contributed by atoms with van der Waals surface area (Å²) in [6.45, 7) is 1.44. The number of aryl methyl sites for hydroxylation is 1. The van der Waals surface area contributed by atoms with Crippen LogP contribution >= 0.6 is 0 Å². The van der Waals surface area contributed by atoms with Gasteiger partial charge < -0.3 is 25.4 Å². The number of carbonyl (C=O) groups excluding carboxylic acids is 1. The molecule has 0 radical (unpaired) electrons. The van der Waals surface area contributed by atoms with Crippen molar-refractivity contribution in [2.45, 2.75) is 25.2 Å². The fraction of sp³-hybridized carbons (Fsp3) is 0.391. The monoisotopic (exact) mass is 410 g/mol. The van der Waals surface area contributed by atoms with Crippen molar-refractivity contribution in [1.82, 2.24) is 10.6 Å². The van der Waals surface area contributed by atoms with Crippen molar-refractivity contribution < 1.29 is 14.3 Å². The second kappa shape index (κ2) is 10.5. The van der Waals surface area contributed by atoms with Crippen LogP contribution in [0, 0.1) is 0 Å². The van der Waals surface area contributed by atoms with Crippen LogP contribution in [0.15, 0.2) is 47.5 Å². The fourth-order valence-electron chi connectivity index (χ4n) is 3.66. The van der Waals surface area contributed by atoms with Crippen LogP contribution in [0.1, 0.15) is 29.9 Å². The summed E-state index contributed by atoms with van der Waals surface area (Å²) < 4.78 is 10.6. The van der Waals surface area contributed by atoms with E-state index in [0.29, 0.717) is 13.0 Å². The maximum absolute atomic E-state index is 12.0. The van der Waals surface area contributed by atoms with Gasteiger partial charge in [-0.05, 0) is 42.2 Å². The summed E-state index contributed by atoms with van der Waals surface area (Å²) in [4.78, 5) is 16.3. The molecule has 0 saturated heterocycles. The average molecular weight is 411 g/mol. The number of para-hydroxylation sites is 1. The van der Waals surface area contributed by atoms with Gasteiger partial charge in [0.2, 0.25) is 5.91 Å². The lowest BCUT2D eigenvalue weighted by atomic mass is 9.90. The molecule has 0 aromatic heterocycles. The Kier molecular flexibility index (Phi) is 7.54. The molecule has 0 spiro atoms. The maximum atomic E-state index is 12.0. The third kappa shape index (κ3) is 5.43. The molecule has 1 aliphatic heterocycles. The molecule has 2 aromatic rings. The van der Waals surface area contributed by atoms with Crippen LogP contribution in [0.4, 0.5) is 5.69 Å². The molecule has 2 aromatic carbocycles. The van der Waals surface area contributed by atoms with Gasteiger partial charge in [-0.25, -0.2) is 0 Å². The normalized spacial score (nSPS) is 15.8. The van der Waals surface area contributed by atoms with E-state index in [1.807, 2.05) is 30.3 Å². The van der Waals surface area contributed by atoms with E-state index in [-0.39, 0.29) is 11.8 Å². The standard InChI is InChI=1S/C23H30N4O3/c1-24-23(25-12-6-7-16-10-11-20(29-2)21(13-16)30-3)26-15-17-14-22(28)27-19-9-5-4-8-18(17)19/h4-5,8-11,13,17H,6-7,12,14-15H2,1-3H3,(H,27,28)(H2,24,25,26). The minimum atomic E-state index is 0.0540. The predicted octanol–water partition coefficient (Wildman–Crippen LogP) is 2.93. The molecular formula is C23H30N4O3. The quantitative estimate of drug-likeness (QED) is 0.354. The molecule has 7 heteroatoms. The van der Waals surface area contributed by atoms with Gasteiger partial charge in [-0.15, -0.1) is 0 Å². The van der Waals surface area contributed by atoms with E-state index in [9.17, 15) is 4.79 Å². The molecule has 0 fully saturated rings. The summed E-state index contributed by atoms with van der Waals surface area (Å²) in [5, 5.41) is 9.64. The number of aliphatic imine (C=N–C) groups is 1. The Labute approximate surface area is 177 Å². The zero-order valence-electron chi connectivity index (χ0n) is 17.8. The number of rotatable bonds is 8. The van der Waals surface area contributed by atoms with Gasteiger partial charge in [0.05, 0.1) is 14.2 Å². The molecule has 1 amide bonds. The van der Waals surface area contributed by atoms with Crippen molar-refractivity contribution in [1.29, 1.82) is 0 Å². The number of hydrogen-bond donors (Lipinski definition) is 3. The van der Waals surface area contributed by atoms with Gasteiger partial charge in [0.25, 0.3) is 0 Å². The van der Waals surface area contributed by atoms with E-state index in [0.717, 1.165) is 48.1 Å². The SMILES string of the molecule is CN=C(NCCCc1ccc(OC)c(OC)c1)NCC1CC(=O)Nc2ccccc21. The van der Waals surface area contributed by atoms with Crippen molar-refractivity contribution in [3.05, 3.63) is 53.6 Å². The maximum Gasteiger partial charge on any atom is 0.225 e. The van der Waals surface area contributed by atoms with Gasteiger partial charge >= 0.3 is 0 Å². The Bertz CT molecular complexity index is 898. The third-order valence-electron chi connectivity index (χ3n) is 5.23. The van der Waals surface area contributed by atoms with Crippen molar-refractivity contribution in [2.24, 2.45) is 4.99 Å². The van der Waals surface area contributed by atoms with E-state index in [1.165, 1.54) is 5.56 Å². The molecule has 1 aliphatic rings. The molecule has 3 N–H and O–H groups in total. The number of anilines is 1. The van der Waals surface area contributed by atoms with Gasteiger partial charge in [0.15, 0.2) is 17.5 Å². The highest BCUT2D eigenvalue weighted by atomic mass is 16.5. The third-order valence-corrected chi connectivity index (χ3v) is 5.23. The van der Waals surface area contributed by atoms with E-state index >= 15 is 0 Å². The minimum absolute atomic E-state index is 0.0540. The summed E-state index contributed by atoms with van der Waals surface area (Å²) in [5.41, 5.74) is 3.26. The van der Waals surface area contributed by atoms with E-state index < -0.39 is 0 Å². The molecule has 1 unspecified atom stereocenters. The lowest BCUT2D eigenvalue weighted by molar-refractivity contribution is -0.116. The number of benzene rings is 2. The zero-order valence-corrected chi connectivity index (χ0v) is 17.8. The highest BCUT2D eigenvalue weighted by Crippen LogP contribution is 2.31. The lowest BCUT2D eigenvalue weighted by Gasteiger charge is -2.26. The summed E-state index contributed by atoms with van der Waals surface area (Å²) in [6, 6.07) is 14.0. The first-order valence-corrected chi connectivity index (χ1v) is 10.2. The number of methoxy groups -OCH3 is 2. The smallest absolute Gasteiger partial charge is 0.225 e. The summed E-state index contributed by atoms with van der Waals surface area (Å²) >= 11 is 0. The predicted molar refractivity (Wildman–Crippen MR) is 120 cm³/mol. The first kappa shape index (κ1) is 21.5. The van der Waals surface area contributed by atoms with Crippen molar-refractivity contribution >= 4 is 17.6 Å². The molecule has 160 valence electrons. The second-order valence-corrected chi connectivity index (χ2v) is 7.21. The summed E-state index contributed by atoms with van der Waals surface area (Å²) in [6.07, 6.45) is 2.34. The van der Waals surface area contributed by atoms with Crippen LogP contribution in [-0.2, 0) is 11.2 Å². The number of guanidine groups is 1. The summed E-state index contributed by atoms with van der Waals surface area (Å²) in [7, 11) is 5.04. The van der Waals surface area contributed by atoms with Crippen LogP contribution in [0.2, 0.25) is 0 Å². The van der Waals surface area contributed by atoms with Gasteiger partial charge in [-0.3, -0.25) is 9.79 Å². The van der Waals surface area contributed by atoms with E-state index in [1.54, 1.807) is 21.3 Å². The summed E-state index contributed by atoms with van der Waals surface area (Å²) in [5.74, 6) is 2.41. The van der Waals surface area contributed by atoms with Gasteiger partial charge in [0, 0.05) is 38.2 Å². The lowest BCUT2D eigenvalue weighted by Crippen LogP contribution is -2.41. The van der Waals surface area contributed by atoms with Crippen LogP contribution in [0.5, 0.6) is 11.5 Å². The van der Waals surface area contributed by atoms with Gasteiger partial charge in [0.1, 0.15) is 0 Å². The minimum Gasteiger partial charge on any atom is -0.493 e. The number of fused-ring (bicyclic) bond motifs is 1. The first-order valence-electron chi connectivity index (χ1n) is 10.2. The second-order valence-electron chi connectivity index (χ2n) is 7.21. The number of hydrogen-bond acceptors (Lipinski definition) is 4. The van der Waals surface area contributed by atoms with Crippen molar-refractivity contribution in [2.75, 3.05) is 39.7 Å². The van der Waals surface area contributed by atoms with Crippen LogP contribution in [-0.4, -0.2) is 46.2 Å². The molecule has 30 heavy (non-hydrogen) atoms.